The van der Waals surface area contributed by atoms with E-state index in [1.54, 1.807) is 11.8 Å². The molecule has 2 rings (SSSR count). The molecule has 0 saturated carbocycles. The van der Waals surface area contributed by atoms with Gasteiger partial charge in [0.2, 0.25) is 0 Å². The third-order valence-electron chi connectivity index (χ3n) is 3.92. The molecule has 0 aliphatic heterocycles. The zero-order chi connectivity index (χ0) is 15.2. The van der Waals surface area contributed by atoms with Crippen LogP contribution >= 0.6 is 11.8 Å². The third-order valence-corrected chi connectivity index (χ3v) is 5.02. The van der Waals surface area contributed by atoms with Gasteiger partial charge in [-0.25, -0.2) is 0 Å². The molecule has 3 heteroatoms. The Bertz CT molecular complexity index is 609. The molecule has 1 N–H and O–H groups in total. The van der Waals surface area contributed by atoms with Crippen LogP contribution in [0.3, 0.4) is 0 Å². The van der Waals surface area contributed by atoms with Gasteiger partial charge >= 0.3 is 5.97 Å². The van der Waals surface area contributed by atoms with Crippen LogP contribution < -0.4 is 0 Å². The number of hydrogen-bond acceptors (Lipinski definition) is 2. The Hall–Kier alpha value is -1.48. The predicted octanol–water partition coefficient (Wildman–Crippen LogP) is 4.61. The molecule has 2 nitrogen and oxygen atoms in total. The summed E-state index contributed by atoms with van der Waals surface area (Å²) < 4.78 is 0. The summed E-state index contributed by atoms with van der Waals surface area (Å²) in [6.07, 6.45) is 4.47. The maximum atomic E-state index is 11.5. The molecular formula is C18H22O2S. The fourth-order valence-corrected chi connectivity index (χ4v) is 3.71. The van der Waals surface area contributed by atoms with E-state index in [2.05, 4.69) is 30.3 Å². The summed E-state index contributed by atoms with van der Waals surface area (Å²) in [5.74, 6) is -0.937. The molecule has 2 unspecified atom stereocenters. The average Bonchev–Trinajstić information content (AvgIpc) is 2.50. The Balaban J connectivity index is 2.21. The molecule has 2 aromatic carbocycles. The molecule has 0 saturated heterocycles. The average molecular weight is 302 g/mol. The number of thioether (sulfide) groups is 1. The van der Waals surface area contributed by atoms with E-state index >= 15 is 0 Å². The third kappa shape index (κ3) is 4.01. The first-order valence-electron chi connectivity index (χ1n) is 7.39. The Morgan fingerprint density at radius 2 is 1.90 bits per heavy atom. The standard InChI is InChI=1S/C18H22O2S/c1-3-6-16(18(19)20)17(21-2)12-13-9-10-14-7-4-5-8-15(14)11-13/h4-5,7-11,16-17H,3,6,12H2,1-2H3,(H,19,20). The van der Waals surface area contributed by atoms with E-state index in [1.165, 1.54) is 16.3 Å². The molecule has 0 aliphatic rings. The first-order chi connectivity index (χ1) is 10.2. The molecule has 112 valence electrons. The van der Waals surface area contributed by atoms with E-state index in [4.69, 9.17) is 0 Å². The molecule has 0 aromatic heterocycles. The highest BCUT2D eigenvalue weighted by Crippen LogP contribution is 2.27. The quantitative estimate of drug-likeness (QED) is 0.811. The summed E-state index contributed by atoms with van der Waals surface area (Å²) in [5, 5.41) is 12.0. The monoisotopic (exact) mass is 302 g/mol. The van der Waals surface area contributed by atoms with Crippen LogP contribution in [-0.2, 0) is 11.2 Å². The van der Waals surface area contributed by atoms with Crippen LogP contribution in [0, 0.1) is 5.92 Å². The minimum absolute atomic E-state index is 0.128. The highest BCUT2D eigenvalue weighted by Gasteiger charge is 2.26. The highest BCUT2D eigenvalue weighted by atomic mass is 32.2. The molecule has 0 aliphatic carbocycles. The topological polar surface area (TPSA) is 37.3 Å². The van der Waals surface area contributed by atoms with Crippen molar-refractivity contribution in [2.75, 3.05) is 6.26 Å². The second-order valence-corrected chi connectivity index (χ2v) is 6.47. The lowest BCUT2D eigenvalue weighted by Gasteiger charge is -2.22. The second kappa shape index (κ2) is 7.51. The van der Waals surface area contributed by atoms with Crippen LogP contribution in [0.4, 0.5) is 0 Å². The summed E-state index contributed by atoms with van der Waals surface area (Å²) in [7, 11) is 0. The van der Waals surface area contributed by atoms with Crippen molar-refractivity contribution in [2.24, 2.45) is 5.92 Å². The molecule has 0 amide bonds. The van der Waals surface area contributed by atoms with Gasteiger partial charge in [-0.2, -0.15) is 11.8 Å². The Morgan fingerprint density at radius 1 is 1.19 bits per heavy atom. The van der Waals surface area contributed by atoms with Crippen molar-refractivity contribution in [1.82, 2.24) is 0 Å². The van der Waals surface area contributed by atoms with Crippen molar-refractivity contribution in [1.29, 1.82) is 0 Å². The number of carboxylic acid groups (broad SMARTS) is 1. The number of benzene rings is 2. The molecule has 0 bridgehead atoms. The highest BCUT2D eigenvalue weighted by molar-refractivity contribution is 7.99. The fraction of sp³-hybridized carbons (Fsp3) is 0.389. The van der Waals surface area contributed by atoms with Gasteiger partial charge in [0, 0.05) is 5.25 Å². The molecule has 0 radical (unpaired) electrons. The van der Waals surface area contributed by atoms with Crippen molar-refractivity contribution in [3.8, 4) is 0 Å². The Kier molecular flexibility index (Phi) is 5.68. The number of rotatable bonds is 7. The van der Waals surface area contributed by atoms with Crippen LogP contribution in [0.15, 0.2) is 42.5 Å². The zero-order valence-corrected chi connectivity index (χ0v) is 13.4. The normalized spacial score (nSPS) is 14.0. The summed E-state index contributed by atoms with van der Waals surface area (Å²) in [5.41, 5.74) is 1.22. The summed E-state index contributed by atoms with van der Waals surface area (Å²) in [6, 6.07) is 14.7. The minimum Gasteiger partial charge on any atom is -0.481 e. The van der Waals surface area contributed by atoms with Crippen molar-refractivity contribution in [3.63, 3.8) is 0 Å². The predicted molar refractivity (Wildman–Crippen MR) is 91.0 cm³/mol. The Labute approximate surface area is 130 Å². The van der Waals surface area contributed by atoms with Gasteiger partial charge in [0.15, 0.2) is 0 Å². The van der Waals surface area contributed by atoms with Gasteiger partial charge in [0.05, 0.1) is 5.92 Å². The van der Waals surface area contributed by atoms with Crippen LogP contribution in [-0.4, -0.2) is 22.6 Å². The largest absolute Gasteiger partial charge is 0.481 e. The first-order valence-corrected chi connectivity index (χ1v) is 8.67. The van der Waals surface area contributed by atoms with E-state index in [-0.39, 0.29) is 11.2 Å². The summed E-state index contributed by atoms with van der Waals surface area (Å²) in [4.78, 5) is 11.5. The van der Waals surface area contributed by atoms with Crippen LogP contribution in [0.1, 0.15) is 25.3 Å². The first kappa shape index (κ1) is 15.9. The lowest BCUT2D eigenvalue weighted by Crippen LogP contribution is -2.27. The molecule has 2 atom stereocenters. The van der Waals surface area contributed by atoms with Gasteiger partial charge in [0.25, 0.3) is 0 Å². The lowest BCUT2D eigenvalue weighted by molar-refractivity contribution is -0.141. The maximum Gasteiger partial charge on any atom is 0.307 e. The van der Waals surface area contributed by atoms with E-state index in [9.17, 15) is 9.90 Å². The van der Waals surface area contributed by atoms with E-state index < -0.39 is 5.97 Å². The van der Waals surface area contributed by atoms with Crippen molar-refractivity contribution >= 4 is 28.5 Å². The maximum absolute atomic E-state index is 11.5. The summed E-state index contributed by atoms with van der Waals surface area (Å²) >= 11 is 1.67. The van der Waals surface area contributed by atoms with Gasteiger partial charge in [-0.3, -0.25) is 4.79 Å². The van der Waals surface area contributed by atoms with Crippen LogP contribution in [0.2, 0.25) is 0 Å². The lowest BCUT2D eigenvalue weighted by atomic mass is 9.94. The second-order valence-electron chi connectivity index (χ2n) is 5.39. The molecular weight excluding hydrogens is 280 g/mol. The molecule has 2 aromatic rings. The minimum atomic E-state index is -0.669. The molecule has 0 fully saturated rings. The van der Waals surface area contributed by atoms with Crippen molar-refractivity contribution in [3.05, 3.63) is 48.0 Å². The van der Waals surface area contributed by atoms with Crippen LogP contribution in [0.5, 0.6) is 0 Å². The van der Waals surface area contributed by atoms with Gasteiger partial charge in [-0.1, -0.05) is 55.8 Å². The van der Waals surface area contributed by atoms with Gasteiger partial charge in [0.1, 0.15) is 0 Å². The van der Waals surface area contributed by atoms with Crippen LogP contribution in [0.25, 0.3) is 10.8 Å². The van der Waals surface area contributed by atoms with E-state index in [0.717, 1.165) is 19.3 Å². The van der Waals surface area contributed by atoms with Gasteiger partial charge in [-0.05, 0) is 35.4 Å². The molecule has 0 heterocycles. The summed E-state index contributed by atoms with van der Waals surface area (Å²) in [6.45, 7) is 2.04. The fourth-order valence-electron chi connectivity index (χ4n) is 2.77. The number of carboxylic acids is 1. The van der Waals surface area contributed by atoms with E-state index in [0.29, 0.717) is 0 Å². The van der Waals surface area contributed by atoms with Gasteiger partial charge < -0.3 is 5.11 Å². The number of hydrogen-bond donors (Lipinski definition) is 1. The van der Waals surface area contributed by atoms with Crippen molar-refractivity contribution in [2.45, 2.75) is 31.4 Å². The van der Waals surface area contributed by atoms with Gasteiger partial charge in [-0.15, -0.1) is 0 Å². The Morgan fingerprint density at radius 3 is 2.52 bits per heavy atom. The molecule has 0 spiro atoms. The number of aliphatic carboxylic acids is 1. The SMILES string of the molecule is CCCC(C(=O)O)C(Cc1ccc2ccccc2c1)SC. The van der Waals surface area contributed by atoms with Crippen molar-refractivity contribution < 1.29 is 9.90 Å². The zero-order valence-electron chi connectivity index (χ0n) is 12.6. The van der Waals surface area contributed by atoms with E-state index in [1.807, 2.05) is 25.3 Å². The smallest absolute Gasteiger partial charge is 0.307 e. The number of fused-ring (bicyclic) bond motifs is 1. The number of carbonyl (C=O) groups is 1. The molecule has 21 heavy (non-hydrogen) atoms.